The van der Waals surface area contributed by atoms with Crippen LogP contribution in [-0.2, 0) is 17.5 Å². The number of halogens is 4. The molecule has 0 aliphatic carbocycles. The maximum Gasteiger partial charge on any atom is 0.416 e. The van der Waals surface area contributed by atoms with Crippen LogP contribution in [0.5, 0.6) is 0 Å². The molecule has 2 aromatic carbocycles. The minimum absolute atomic E-state index is 0.0759. The molecule has 2 heterocycles. The molecule has 1 aliphatic heterocycles. The van der Waals surface area contributed by atoms with Crippen LogP contribution in [0.25, 0.3) is 11.0 Å². The van der Waals surface area contributed by atoms with Crippen LogP contribution in [0.15, 0.2) is 48.5 Å². The number of alkyl halides is 4. The first-order valence-corrected chi connectivity index (χ1v) is 8.97. The molecule has 0 unspecified atom stereocenters. The van der Waals surface area contributed by atoms with E-state index in [1.54, 1.807) is 30.3 Å². The largest absolute Gasteiger partial charge is 0.416 e. The van der Waals surface area contributed by atoms with Crippen molar-refractivity contribution in [3.8, 4) is 0 Å². The number of ether oxygens (including phenoxy) is 1. The lowest BCUT2D eigenvalue weighted by Gasteiger charge is -2.16. The summed E-state index contributed by atoms with van der Waals surface area (Å²) in [6.07, 6.45) is -6.64. The van der Waals surface area contributed by atoms with Gasteiger partial charge in [0, 0.05) is 5.56 Å². The molecular formula is C20H17F4N3O2. The van der Waals surface area contributed by atoms with Crippen molar-refractivity contribution in [3.05, 3.63) is 65.5 Å². The van der Waals surface area contributed by atoms with E-state index in [9.17, 15) is 22.4 Å². The average molecular weight is 407 g/mol. The van der Waals surface area contributed by atoms with Crippen LogP contribution in [-0.4, -0.2) is 46.1 Å². The molecule has 152 valence electrons. The molecule has 1 N–H and O–H groups in total. The standard InChI is InChI=1S/C20H17F4N3O2/c21-14-9-27(19(28)12-4-2-1-3-5-12)10-17(14)29-11-18-25-15-7-6-13(20(22,23)24)8-16(15)26-18/h1-8,14,17H,9-11H2,(H,25,26)/t14-,17+/m1/s1. The second-order valence-corrected chi connectivity index (χ2v) is 6.85. The van der Waals surface area contributed by atoms with E-state index in [-0.39, 0.29) is 31.1 Å². The summed E-state index contributed by atoms with van der Waals surface area (Å²) >= 11 is 0. The van der Waals surface area contributed by atoms with Crippen molar-refractivity contribution in [2.45, 2.75) is 25.1 Å². The van der Waals surface area contributed by atoms with Gasteiger partial charge in [0.15, 0.2) is 0 Å². The SMILES string of the molecule is O=C(c1ccccc1)N1C[C@@H](F)[C@@H](OCc2nc3ccc(C(F)(F)F)cc3[nH]2)C1. The van der Waals surface area contributed by atoms with E-state index in [4.69, 9.17) is 4.74 Å². The fourth-order valence-corrected chi connectivity index (χ4v) is 3.31. The number of aromatic nitrogens is 2. The number of imidazole rings is 1. The molecule has 2 atom stereocenters. The minimum atomic E-state index is -4.45. The number of amides is 1. The number of rotatable bonds is 4. The van der Waals surface area contributed by atoms with Gasteiger partial charge in [-0.15, -0.1) is 0 Å². The number of nitrogens with zero attached hydrogens (tertiary/aromatic N) is 2. The lowest BCUT2D eigenvalue weighted by atomic mass is 10.2. The van der Waals surface area contributed by atoms with Crippen molar-refractivity contribution in [1.29, 1.82) is 0 Å². The molecule has 0 bridgehead atoms. The minimum Gasteiger partial charge on any atom is -0.365 e. The normalized spacial score (nSPS) is 19.8. The van der Waals surface area contributed by atoms with E-state index in [1.165, 1.54) is 11.0 Å². The lowest BCUT2D eigenvalue weighted by molar-refractivity contribution is -0.137. The summed E-state index contributed by atoms with van der Waals surface area (Å²) in [6, 6.07) is 11.8. The third-order valence-electron chi connectivity index (χ3n) is 4.80. The zero-order valence-electron chi connectivity index (χ0n) is 15.1. The van der Waals surface area contributed by atoms with Crippen molar-refractivity contribution in [2.75, 3.05) is 13.1 Å². The first kappa shape index (κ1) is 19.4. The molecule has 4 rings (SSSR count). The van der Waals surface area contributed by atoms with Crippen molar-refractivity contribution >= 4 is 16.9 Å². The summed E-state index contributed by atoms with van der Waals surface area (Å²) < 4.78 is 58.3. The van der Waals surface area contributed by atoms with E-state index >= 15 is 0 Å². The summed E-state index contributed by atoms with van der Waals surface area (Å²) in [7, 11) is 0. The van der Waals surface area contributed by atoms with Gasteiger partial charge < -0.3 is 14.6 Å². The van der Waals surface area contributed by atoms with Gasteiger partial charge in [-0.05, 0) is 30.3 Å². The monoisotopic (exact) mass is 407 g/mol. The number of fused-ring (bicyclic) bond motifs is 1. The van der Waals surface area contributed by atoms with Gasteiger partial charge in [-0.1, -0.05) is 18.2 Å². The molecule has 9 heteroatoms. The predicted octanol–water partition coefficient (Wildman–Crippen LogP) is 3.96. The molecule has 3 aromatic rings. The number of carbonyl (C=O) groups excluding carboxylic acids is 1. The van der Waals surface area contributed by atoms with Gasteiger partial charge in [-0.3, -0.25) is 4.79 Å². The van der Waals surface area contributed by atoms with E-state index < -0.39 is 24.0 Å². The van der Waals surface area contributed by atoms with Gasteiger partial charge in [-0.25, -0.2) is 9.37 Å². The highest BCUT2D eigenvalue weighted by molar-refractivity contribution is 5.94. The van der Waals surface area contributed by atoms with Gasteiger partial charge in [0.05, 0.1) is 29.7 Å². The van der Waals surface area contributed by atoms with Crippen molar-refractivity contribution < 1.29 is 27.1 Å². The topological polar surface area (TPSA) is 58.2 Å². The lowest BCUT2D eigenvalue weighted by Crippen LogP contribution is -2.30. The Morgan fingerprint density at radius 1 is 1.17 bits per heavy atom. The van der Waals surface area contributed by atoms with Gasteiger partial charge in [0.2, 0.25) is 0 Å². The maximum absolute atomic E-state index is 14.3. The molecule has 0 radical (unpaired) electrons. The number of hydrogen-bond acceptors (Lipinski definition) is 3. The van der Waals surface area contributed by atoms with Gasteiger partial charge in [0.1, 0.15) is 24.7 Å². The quantitative estimate of drug-likeness (QED) is 0.666. The molecule has 0 saturated carbocycles. The van der Waals surface area contributed by atoms with Crippen LogP contribution in [0.1, 0.15) is 21.7 Å². The maximum atomic E-state index is 14.3. The number of aromatic amines is 1. The highest BCUT2D eigenvalue weighted by Crippen LogP contribution is 2.31. The molecule has 1 amide bonds. The van der Waals surface area contributed by atoms with E-state index in [0.29, 0.717) is 16.9 Å². The predicted molar refractivity (Wildman–Crippen MR) is 96.9 cm³/mol. The van der Waals surface area contributed by atoms with Crippen molar-refractivity contribution in [1.82, 2.24) is 14.9 Å². The zero-order valence-corrected chi connectivity index (χ0v) is 15.1. The summed E-state index contributed by atoms with van der Waals surface area (Å²) in [6.45, 7) is -0.0880. The van der Waals surface area contributed by atoms with Crippen LogP contribution in [0, 0.1) is 0 Å². The number of hydrogen-bond donors (Lipinski definition) is 1. The molecule has 0 spiro atoms. The highest BCUT2D eigenvalue weighted by atomic mass is 19.4. The summed E-state index contributed by atoms with van der Waals surface area (Å²) in [5, 5.41) is 0. The summed E-state index contributed by atoms with van der Waals surface area (Å²) in [4.78, 5) is 20.8. The molecule has 5 nitrogen and oxygen atoms in total. The Hall–Kier alpha value is -2.94. The van der Waals surface area contributed by atoms with Crippen molar-refractivity contribution in [3.63, 3.8) is 0 Å². The fourth-order valence-electron chi connectivity index (χ4n) is 3.31. The molecule has 1 aromatic heterocycles. The zero-order chi connectivity index (χ0) is 20.6. The molecular weight excluding hydrogens is 390 g/mol. The highest BCUT2D eigenvalue weighted by Gasteiger charge is 2.36. The van der Waals surface area contributed by atoms with Gasteiger partial charge >= 0.3 is 6.18 Å². The Bertz CT molecular complexity index is 1020. The van der Waals surface area contributed by atoms with E-state index in [1.807, 2.05) is 0 Å². The molecule has 29 heavy (non-hydrogen) atoms. The number of carbonyl (C=O) groups is 1. The first-order valence-electron chi connectivity index (χ1n) is 8.97. The average Bonchev–Trinajstić information content (AvgIpc) is 3.28. The smallest absolute Gasteiger partial charge is 0.365 e. The Labute approximate surface area is 163 Å². The summed E-state index contributed by atoms with van der Waals surface area (Å²) in [5.41, 5.74) is 0.275. The van der Waals surface area contributed by atoms with Crippen LogP contribution in [0.4, 0.5) is 17.6 Å². The third kappa shape index (κ3) is 4.09. The van der Waals surface area contributed by atoms with Gasteiger partial charge in [0.25, 0.3) is 5.91 Å². The first-order chi connectivity index (χ1) is 13.8. The second kappa shape index (κ2) is 7.47. The number of likely N-dealkylation sites (tertiary alicyclic amines) is 1. The van der Waals surface area contributed by atoms with Crippen LogP contribution >= 0.6 is 0 Å². The Morgan fingerprint density at radius 3 is 2.66 bits per heavy atom. The number of benzene rings is 2. The molecule has 1 fully saturated rings. The number of H-pyrrole nitrogens is 1. The fraction of sp³-hybridized carbons (Fsp3) is 0.300. The van der Waals surface area contributed by atoms with Crippen LogP contribution in [0.2, 0.25) is 0 Å². The Kier molecular flexibility index (Phi) is 4.99. The van der Waals surface area contributed by atoms with E-state index in [0.717, 1.165) is 12.1 Å². The van der Waals surface area contributed by atoms with Crippen LogP contribution < -0.4 is 0 Å². The van der Waals surface area contributed by atoms with E-state index in [2.05, 4.69) is 9.97 Å². The third-order valence-corrected chi connectivity index (χ3v) is 4.80. The number of nitrogens with one attached hydrogen (secondary N) is 1. The Morgan fingerprint density at radius 2 is 1.93 bits per heavy atom. The summed E-state index contributed by atoms with van der Waals surface area (Å²) in [5.74, 6) is 0.0159. The van der Waals surface area contributed by atoms with Gasteiger partial charge in [-0.2, -0.15) is 13.2 Å². The Balaban J connectivity index is 1.40. The van der Waals surface area contributed by atoms with Crippen molar-refractivity contribution in [2.24, 2.45) is 0 Å². The van der Waals surface area contributed by atoms with Crippen LogP contribution in [0.3, 0.4) is 0 Å². The molecule has 1 aliphatic rings. The molecule has 1 saturated heterocycles. The second-order valence-electron chi connectivity index (χ2n) is 6.85.